The van der Waals surface area contributed by atoms with Crippen molar-refractivity contribution in [3.63, 3.8) is 0 Å². The Hall–Kier alpha value is -3.03. The molecule has 3 aliphatic heterocycles. The number of ether oxygens (including phenoxy) is 6. The zero-order chi connectivity index (χ0) is 59.7. The van der Waals surface area contributed by atoms with Gasteiger partial charge in [0.15, 0.2) is 18.9 Å². The van der Waals surface area contributed by atoms with Crippen molar-refractivity contribution in [3.8, 4) is 0 Å². The van der Waals surface area contributed by atoms with E-state index in [1.807, 2.05) is 0 Å². The topological polar surface area (TPSA) is 307 Å². The first kappa shape index (κ1) is 73.2. The van der Waals surface area contributed by atoms with Crippen LogP contribution in [0.15, 0.2) is 85.1 Å². The molecule has 12 N–H and O–H groups in total. The van der Waals surface area contributed by atoms with E-state index < -0.39 is 124 Å². The molecule has 19 nitrogen and oxygen atoms in total. The van der Waals surface area contributed by atoms with Crippen LogP contribution in [0.2, 0.25) is 0 Å². The van der Waals surface area contributed by atoms with E-state index in [-0.39, 0.29) is 18.9 Å². The van der Waals surface area contributed by atoms with Gasteiger partial charge in [0.2, 0.25) is 5.91 Å². The average molecular weight is 1170 g/mol. The van der Waals surface area contributed by atoms with Crippen molar-refractivity contribution >= 4 is 5.91 Å². The van der Waals surface area contributed by atoms with Crippen molar-refractivity contribution in [1.29, 1.82) is 0 Å². The molecule has 0 aromatic carbocycles. The Morgan fingerprint density at radius 3 is 1.32 bits per heavy atom. The van der Waals surface area contributed by atoms with Crippen LogP contribution in [0.25, 0.3) is 0 Å². The Balaban J connectivity index is 1.35. The van der Waals surface area contributed by atoms with Gasteiger partial charge in [-0.15, -0.1) is 0 Å². The first-order valence-corrected chi connectivity index (χ1v) is 30.8. The van der Waals surface area contributed by atoms with E-state index in [2.05, 4.69) is 104 Å². The molecule has 82 heavy (non-hydrogen) atoms. The second kappa shape index (κ2) is 45.3. The predicted molar refractivity (Wildman–Crippen MR) is 314 cm³/mol. The highest BCUT2D eigenvalue weighted by Gasteiger charge is 2.53. The maximum absolute atomic E-state index is 13.3. The predicted octanol–water partition coefficient (Wildman–Crippen LogP) is 5.98. The van der Waals surface area contributed by atoms with Crippen LogP contribution in [-0.4, -0.2) is 193 Å². The van der Waals surface area contributed by atoms with Crippen LogP contribution in [-0.2, 0) is 33.2 Å². The molecule has 0 aromatic rings. The number of hydrogen-bond donors (Lipinski definition) is 12. The number of unbranched alkanes of at least 4 members (excludes halogenated alkanes) is 14. The normalized spacial score (nSPS) is 30.2. The van der Waals surface area contributed by atoms with Crippen molar-refractivity contribution < 1.29 is 89.4 Å². The lowest BCUT2D eigenvalue weighted by Gasteiger charge is -2.48. The van der Waals surface area contributed by atoms with Crippen molar-refractivity contribution in [2.24, 2.45) is 0 Å². The van der Waals surface area contributed by atoms with Gasteiger partial charge in [0.05, 0.1) is 38.6 Å². The van der Waals surface area contributed by atoms with Gasteiger partial charge >= 0.3 is 0 Å². The van der Waals surface area contributed by atoms with E-state index >= 15 is 0 Å². The van der Waals surface area contributed by atoms with Crippen molar-refractivity contribution in [2.45, 2.75) is 279 Å². The van der Waals surface area contributed by atoms with E-state index in [4.69, 9.17) is 28.4 Å². The smallest absolute Gasteiger partial charge is 0.220 e. The number of allylic oxidation sites excluding steroid dienone is 14. The third kappa shape index (κ3) is 28.4. The minimum Gasteiger partial charge on any atom is -0.394 e. The van der Waals surface area contributed by atoms with Gasteiger partial charge in [-0.3, -0.25) is 4.79 Å². The van der Waals surface area contributed by atoms with Crippen LogP contribution >= 0.6 is 0 Å². The van der Waals surface area contributed by atoms with E-state index in [0.29, 0.717) is 19.3 Å². The van der Waals surface area contributed by atoms with E-state index in [9.17, 15) is 61.0 Å². The summed E-state index contributed by atoms with van der Waals surface area (Å²) in [7, 11) is 0. The molecule has 0 aliphatic carbocycles. The molecule has 3 rings (SSSR count). The van der Waals surface area contributed by atoms with Gasteiger partial charge in [-0.25, -0.2) is 0 Å². The molecule has 0 aromatic heterocycles. The van der Waals surface area contributed by atoms with Crippen molar-refractivity contribution in [2.75, 3.05) is 26.4 Å². The molecule has 3 fully saturated rings. The summed E-state index contributed by atoms with van der Waals surface area (Å²) in [5.74, 6) is -0.260. The third-order valence-electron chi connectivity index (χ3n) is 15.0. The standard InChI is InChI=1S/C63H107NO18/c1-3-5-7-9-11-12-13-14-15-16-17-18-19-20-21-22-23-24-25-26-27-28-29-30-31-32-33-34-35-37-39-41-51(69)64-46(47(68)40-38-36-10-8-6-4-2)45-77-61-57(75)54(72)59(49(43-66)79-61)82-63-58(76)55(73)60(50(44-67)80-63)81-62-56(74)53(71)52(70)48(42-65)78-62/h5,7,11-12,14-15,17-18,20-21,23-24,26-27,46-50,52-63,65-68,70-76H,3-4,6,8-10,13,16,19,22,25,28-45H2,1-2H3,(H,64,69)/b7-5-,12-11-,15-14-,18-17-,21-20-,24-23-,27-26-. The van der Waals surface area contributed by atoms with Crippen LogP contribution in [0.1, 0.15) is 174 Å². The van der Waals surface area contributed by atoms with E-state index in [0.717, 1.165) is 109 Å². The number of aliphatic hydroxyl groups is 11. The summed E-state index contributed by atoms with van der Waals surface area (Å²) in [6.45, 7) is 1.56. The van der Waals surface area contributed by atoms with E-state index in [1.165, 1.54) is 25.7 Å². The highest BCUT2D eigenvalue weighted by Crippen LogP contribution is 2.33. The molecule has 0 radical (unpaired) electrons. The number of hydrogen-bond acceptors (Lipinski definition) is 18. The molecule has 0 spiro atoms. The molecular weight excluding hydrogens is 1060 g/mol. The molecule has 3 saturated heterocycles. The molecule has 3 aliphatic rings. The first-order chi connectivity index (χ1) is 39.8. The molecule has 3 heterocycles. The molecule has 1 amide bonds. The van der Waals surface area contributed by atoms with Gasteiger partial charge in [0.25, 0.3) is 0 Å². The van der Waals surface area contributed by atoms with Crippen molar-refractivity contribution in [3.05, 3.63) is 85.1 Å². The van der Waals surface area contributed by atoms with Crippen molar-refractivity contribution in [1.82, 2.24) is 5.32 Å². The number of carbonyl (C=O) groups excluding carboxylic acids is 1. The first-order valence-electron chi connectivity index (χ1n) is 30.8. The van der Waals surface area contributed by atoms with E-state index in [1.54, 1.807) is 0 Å². The second-order valence-corrected chi connectivity index (χ2v) is 21.8. The lowest BCUT2D eigenvalue weighted by atomic mass is 9.96. The monoisotopic (exact) mass is 1170 g/mol. The van der Waals surface area contributed by atoms with Crippen LogP contribution in [0.4, 0.5) is 0 Å². The maximum Gasteiger partial charge on any atom is 0.220 e. The zero-order valence-electron chi connectivity index (χ0n) is 49.2. The Morgan fingerprint density at radius 2 is 0.841 bits per heavy atom. The average Bonchev–Trinajstić information content (AvgIpc) is 3.60. The van der Waals surface area contributed by atoms with Gasteiger partial charge in [-0.1, -0.05) is 182 Å². The molecule has 17 atom stereocenters. The summed E-state index contributed by atoms with van der Waals surface area (Å²) in [4.78, 5) is 13.3. The Kier molecular flexibility index (Phi) is 40.5. The van der Waals surface area contributed by atoms with Crippen LogP contribution in [0, 0.1) is 0 Å². The maximum atomic E-state index is 13.3. The van der Waals surface area contributed by atoms with Gasteiger partial charge in [0.1, 0.15) is 73.2 Å². The molecule has 472 valence electrons. The SMILES string of the molecule is CC/C=C\C/C=C\C/C=C\C/C=C\C/C=C\C/C=C\C/C=C\CCCCCCCCCCCC(=O)NC(COC1OC(CO)C(OC2OC(CO)C(OC3OC(CO)C(O)C(O)C3O)C(O)C2O)C(O)C1O)C(O)CCCCCCCC. The van der Waals surface area contributed by atoms with Gasteiger partial charge < -0.3 is 89.9 Å². The highest BCUT2D eigenvalue weighted by molar-refractivity contribution is 5.76. The minimum atomic E-state index is -1.97. The Bertz CT molecular complexity index is 1820. The summed E-state index contributed by atoms with van der Waals surface area (Å²) < 4.78 is 34.2. The summed E-state index contributed by atoms with van der Waals surface area (Å²) in [5.41, 5.74) is 0. The molecule has 0 bridgehead atoms. The number of aliphatic hydroxyl groups excluding tert-OH is 11. The molecule has 17 unspecified atom stereocenters. The fourth-order valence-corrected chi connectivity index (χ4v) is 9.94. The zero-order valence-corrected chi connectivity index (χ0v) is 49.2. The number of carbonyl (C=O) groups is 1. The Morgan fingerprint density at radius 1 is 0.451 bits per heavy atom. The summed E-state index contributed by atoms with van der Waals surface area (Å²) >= 11 is 0. The third-order valence-corrected chi connectivity index (χ3v) is 15.0. The fourth-order valence-electron chi connectivity index (χ4n) is 9.94. The van der Waals surface area contributed by atoms with Gasteiger partial charge in [0, 0.05) is 6.42 Å². The molecular formula is C63H107NO18. The largest absolute Gasteiger partial charge is 0.394 e. The second-order valence-electron chi connectivity index (χ2n) is 21.8. The fraction of sp³-hybridized carbons (Fsp3) is 0.762. The highest BCUT2D eigenvalue weighted by atomic mass is 16.8. The van der Waals surface area contributed by atoms with Gasteiger partial charge in [-0.2, -0.15) is 0 Å². The molecule has 0 saturated carbocycles. The lowest BCUT2D eigenvalue weighted by Crippen LogP contribution is -2.66. The summed E-state index contributed by atoms with van der Waals surface area (Å²) in [6, 6.07) is -0.892. The lowest BCUT2D eigenvalue weighted by molar-refractivity contribution is -0.379. The van der Waals surface area contributed by atoms with Crippen LogP contribution < -0.4 is 5.32 Å². The number of nitrogens with one attached hydrogen (secondary N) is 1. The number of rotatable bonds is 44. The molecule has 19 heteroatoms. The number of amides is 1. The quantitative estimate of drug-likeness (QED) is 0.0247. The van der Waals surface area contributed by atoms with Gasteiger partial charge in [-0.05, 0) is 70.6 Å². The summed E-state index contributed by atoms with van der Waals surface area (Å²) in [6.07, 6.45) is 28.7. The van der Waals surface area contributed by atoms with Crippen LogP contribution in [0.3, 0.4) is 0 Å². The Labute approximate surface area is 489 Å². The van der Waals surface area contributed by atoms with Crippen LogP contribution in [0.5, 0.6) is 0 Å². The minimum absolute atomic E-state index is 0.252. The summed E-state index contributed by atoms with van der Waals surface area (Å²) in [5, 5.41) is 120.